The van der Waals surface area contributed by atoms with Crippen LogP contribution in [-0.4, -0.2) is 66.8 Å². The van der Waals surface area contributed by atoms with Crippen molar-refractivity contribution in [2.45, 2.75) is 13.3 Å². The van der Waals surface area contributed by atoms with Crippen molar-refractivity contribution in [1.82, 2.24) is 9.80 Å². The average molecular weight is 256 g/mol. The monoisotopic (exact) mass is 256 g/mol. The Labute approximate surface area is 107 Å². The number of carbonyl (C=O) groups is 2. The Morgan fingerprint density at radius 1 is 1.56 bits per heavy atom. The minimum Gasteiger partial charge on any atom is -0.480 e. The highest BCUT2D eigenvalue weighted by Gasteiger charge is 2.23. The van der Waals surface area contributed by atoms with E-state index in [1.54, 1.807) is 4.90 Å². The molecular formula is C12H20N2O4. The van der Waals surface area contributed by atoms with Gasteiger partial charge in [-0.05, 0) is 13.3 Å². The zero-order valence-corrected chi connectivity index (χ0v) is 10.9. The Morgan fingerprint density at radius 3 is 2.83 bits per heavy atom. The molecule has 6 heteroatoms. The fourth-order valence-electron chi connectivity index (χ4n) is 1.88. The number of rotatable bonds is 5. The van der Waals surface area contributed by atoms with E-state index in [1.165, 1.54) is 12.0 Å². The van der Waals surface area contributed by atoms with Gasteiger partial charge in [-0.2, -0.15) is 0 Å². The molecule has 0 saturated carbocycles. The van der Waals surface area contributed by atoms with Crippen molar-refractivity contribution >= 4 is 12.0 Å². The van der Waals surface area contributed by atoms with Gasteiger partial charge in [-0.3, -0.25) is 4.79 Å². The van der Waals surface area contributed by atoms with Crippen LogP contribution in [0.1, 0.15) is 13.3 Å². The van der Waals surface area contributed by atoms with Gasteiger partial charge in [0.05, 0.1) is 6.61 Å². The molecule has 6 nitrogen and oxygen atoms in total. The van der Waals surface area contributed by atoms with Gasteiger partial charge >= 0.3 is 12.0 Å². The van der Waals surface area contributed by atoms with Gasteiger partial charge in [0.2, 0.25) is 0 Å². The van der Waals surface area contributed by atoms with E-state index >= 15 is 0 Å². The van der Waals surface area contributed by atoms with Crippen LogP contribution in [0.25, 0.3) is 0 Å². The minimum atomic E-state index is -1.01. The molecule has 0 aromatic carbocycles. The van der Waals surface area contributed by atoms with Gasteiger partial charge in [-0.1, -0.05) is 11.6 Å². The van der Waals surface area contributed by atoms with Crippen LogP contribution in [0, 0.1) is 0 Å². The lowest BCUT2D eigenvalue weighted by atomic mass is 10.1. The predicted octanol–water partition coefficient (Wildman–Crippen LogP) is 0.791. The molecule has 0 spiro atoms. The molecule has 1 aliphatic heterocycles. The second kappa shape index (κ2) is 7.00. The molecule has 0 bridgehead atoms. The molecule has 0 aromatic heterocycles. The van der Waals surface area contributed by atoms with E-state index in [1.807, 2.05) is 6.92 Å². The van der Waals surface area contributed by atoms with Crippen molar-refractivity contribution in [2.24, 2.45) is 0 Å². The van der Waals surface area contributed by atoms with Crippen LogP contribution < -0.4 is 0 Å². The summed E-state index contributed by atoms with van der Waals surface area (Å²) in [6.45, 7) is 3.52. The maximum atomic E-state index is 12.2. The molecule has 0 saturated heterocycles. The van der Waals surface area contributed by atoms with E-state index in [0.29, 0.717) is 26.2 Å². The Balaban J connectivity index is 2.62. The first-order valence-electron chi connectivity index (χ1n) is 5.94. The number of carbonyl (C=O) groups excluding carboxylic acids is 1. The van der Waals surface area contributed by atoms with Gasteiger partial charge in [0.25, 0.3) is 0 Å². The van der Waals surface area contributed by atoms with Crippen LogP contribution in [0.15, 0.2) is 11.6 Å². The molecule has 102 valence electrons. The molecule has 0 fully saturated rings. The number of ether oxygens (including phenoxy) is 1. The zero-order chi connectivity index (χ0) is 13.5. The molecule has 1 N–H and O–H groups in total. The van der Waals surface area contributed by atoms with Crippen molar-refractivity contribution in [3.63, 3.8) is 0 Å². The van der Waals surface area contributed by atoms with Crippen LogP contribution >= 0.6 is 0 Å². The first-order valence-corrected chi connectivity index (χ1v) is 5.94. The lowest BCUT2D eigenvalue weighted by Crippen LogP contribution is -2.48. The Bertz CT molecular complexity index is 341. The highest BCUT2D eigenvalue weighted by atomic mass is 16.5. The molecule has 0 unspecified atom stereocenters. The normalized spacial score (nSPS) is 15.2. The summed E-state index contributed by atoms with van der Waals surface area (Å²) >= 11 is 0. The molecule has 0 aromatic rings. The van der Waals surface area contributed by atoms with Crippen LogP contribution in [-0.2, 0) is 9.53 Å². The third-order valence-corrected chi connectivity index (χ3v) is 2.76. The summed E-state index contributed by atoms with van der Waals surface area (Å²) in [5.74, 6) is -1.01. The molecule has 0 radical (unpaired) electrons. The van der Waals surface area contributed by atoms with E-state index in [2.05, 4.69) is 6.08 Å². The largest absolute Gasteiger partial charge is 0.480 e. The maximum Gasteiger partial charge on any atom is 0.323 e. The second-order valence-electron chi connectivity index (χ2n) is 4.35. The van der Waals surface area contributed by atoms with Crippen LogP contribution in [0.2, 0.25) is 0 Å². The number of carboxylic acids is 1. The fraction of sp³-hybridized carbons (Fsp3) is 0.667. The summed E-state index contributed by atoms with van der Waals surface area (Å²) in [5.41, 5.74) is 1.14. The minimum absolute atomic E-state index is 0.234. The van der Waals surface area contributed by atoms with E-state index < -0.39 is 5.97 Å². The van der Waals surface area contributed by atoms with Crippen molar-refractivity contribution in [3.8, 4) is 0 Å². The first-order chi connectivity index (χ1) is 8.54. The number of methoxy groups -OCH3 is 1. The molecule has 1 aliphatic rings. The Hall–Kier alpha value is -1.56. The Kier molecular flexibility index (Phi) is 5.64. The predicted molar refractivity (Wildman–Crippen MR) is 66.4 cm³/mol. The summed E-state index contributed by atoms with van der Waals surface area (Å²) in [4.78, 5) is 25.9. The summed E-state index contributed by atoms with van der Waals surface area (Å²) in [5, 5.41) is 8.82. The molecule has 1 heterocycles. The number of carboxylic acid groups (broad SMARTS) is 1. The van der Waals surface area contributed by atoms with E-state index in [4.69, 9.17) is 9.84 Å². The standard InChI is InChI=1S/C12H20N2O4/c1-10-4-3-5-13(8-10)12(17)14(6-7-18-2)9-11(15)16/h4H,3,5-9H2,1-2H3,(H,15,16). The molecule has 18 heavy (non-hydrogen) atoms. The van der Waals surface area contributed by atoms with Gasteiger partial charge < -0.3 is 19.6 Å². The lowest BCUT2D eigenvalue weighted by molar-refractivity contribution is -0.137. The van der Waals surface area contributed by atoms with Crippen LogP contribution in [0.5, 0.6) is 0 Å². The van der Waals surface area contributed by atoms with E-state index in [-0.39, 0.29) is 12.6 Å². The summed E-state index contributed by atoms with van der Waals surface area (Å²) in [6.07, 6.45) is 2.92. The van der Waals surface area contributed by atoms with Gasteiger partial charge in [0.1, 0.15) is 6.54 Å². The first kappa shape index (κ1) is 14.5. The second-order valence-corrected chi connectivity index (χ2v) is 4.35. The number of aliphatic carboxylic acids is 1. The van der Waals surface area contributed by atoms with Crippen LogP contribution in [0.4, 0.5) is 4.79 Å². The number of hydrogen-bond donors (Lipinski definition) is 1. The smallest absolute Gasteiger partial charge is 0.323 e. The number of urea groups is 1. The molecule has 1 rings (SSSR count). The highest BCUT2D eigenvalue weighted by molar-refractivity contribution is 5.80. The summed E-state index contributed by atoms with van der Waals surface area (Å²) in [7, 11) is 1.53. The number of amides is 2. The average Bonchev–Trinajstić information content (AvgIpc) is 2.33. The van der Waals surface area contributed by atoms with Crippen LogP contribution in [0.3, 0.4) is 0 Å². The Morgan fingerprint density at radius 2 is 2.28 bits per heavy atom. The third-order valence-electron chi connectivity index (χ3n) is 2.76. The highest BCUT2D eigenvalue weighted by Crippen LogP contribution is 2.11. The van der Waals surface area contributed by atoms with E-state index in [0.717, 1.165) is 12.0 Å². The lowest BCUT2D eigenvalue weighted by Gasteiger charge is -2.31. The summed E-state index contributed by atoms with van der Waals surface area (Å²) in [6, 6.07) is -0.234. The maximum absolute atomic E-state index is 12.2. The van der Waals surface area contributed by atoms with Crippen molar-refractivity contribution in [2.75, 3.05) is 39.9 Å². The van der Waals surface area contributed by atoms with E-state index in [9.17, 15) is 9.59 Å². The molecule has 2 amide bonds. The van der Waals surface area contributed by atoms with Gasteiger partial charge in [-0.25, -0.2) is 4.79 Å². The number of nitrogens with zero attached hydrogens (tertiary/aromatic N) is 2. The molecule has 0 atom stereocenters. The SMILES string of the molecule is COCCN(CC(=O)O)C(=O)N1CCC=C(C)C1. The number of hydrogen-bond acceptors (Lipinski definition) is 3. The third kappa shape index (κ3) is 4.37. The molecular weight excluding hydrogens is 236 g/mol. The van der Waals surface area contributed by atoms with Crippen molar-refractivity contribution in [1.29, 1.82) is 0 Å². The summed E-state index contributed by atoms with van der Waals surface area (Å²) < 4.78 is 4.90. The molecule has 0 aliphatic carbocycles. The zero-order valence-electron chi connectivity index (χ0n) is 10.9. The van der Waals surface area contributed by atoms with Gasteiger partial charge in [0.15, 0.2) is 0 Å². The fourth-order valence-corrected chi connectivity index (χ4v) is 1.88. The topological polar surface area (TPSA) is 70.1 Å². The van der Waals surface area contributed by atoms with Crippen molar-refractivity contribution in [3.05, 3.63) is 11.6 Å². The van der Waals surface area contributed by atoms with Gasteiger partial charge in [-0.15, -0.1) is 0 Å². The van der Waals surface area contributed by atoms with Crippen molar-refractivity contribution < 1.29 is 19.4 Å². The van der Waals surface area contributed by atoms with Gasteiger partial charge in [0, 0.05) is 26.7 Å². The quantitative estimate of drug-likeness (QED) is 0.738.